The lowest BCUT2D eigenvalue weighted by Gasteiger charge is -2.03. The molecule has 0 aliphatic carbocycles. The largest absolute Gasteiger partial charge is 0.299 e. The SMILES string of the molecule is Fc1ccccc1-c1ncc2c(Br)cccn12. The van der Waals surface area contributed by atoms with Crippen LogP contribution >= 0.6 is 15.9 Å². The molecule has 0 fully saturated rings. The van der Waals surface area contributed by atoms with Crippen LogP contribution in [-0.2, 0) is 0 Å². The first-order valence-electron chi connectivity index (χ1n) is 5.14. The smallest absolute Gasteiger partial charge is 0.147 e. The molecule has 3 aromatic rings. The summed E-state index contributed by atoms with van der Waals surface area (Å²) in [5.41, 5.74) is 1.43. The van der Waals surface area contributed by atoms with Crippen LogP contribution in [0.15, 0.2) is 53.3 Å². The summed E-state index contributed by atoms with van der Waals surface area (Å²) in [6.45, 7) is 0. The van der Waals surface area contributed by atoms with Crippen molar-refractivity contribution < 1.29 is 4.39 Å². The van der Waals surface area contributed by atoms with E-state index in [1.807, 2.05) is 22.7 Å². The molecule has 0 unspecified atom stereocenters. The Labute approximate surface area is 106 Å². The van der Waals surface area contributed by atoms with Crippen LogP contribution < -0.4 is 0 Å². The van der Waals surface area contributed by atoms with Gasteiger partial charge in [-0.2, -0.15) is 0 Å². The fourth-order valence-corrected chi connectivity index (χ4v) is 2.28. The number of fused-ring (bicyclic) bond motifs is 1. The quantitative estimate of drug-likeness (QED) is 0.664. The van der Waals surface area contributed by atoms with Crippen LogP contribution in [0.3, 0.4) is 0 Å². The summed E-state index contributed by atoms with van der Waals surface area (Å²) in [5, 5.41) is 0. The van der Waals surface area contributed by atoms with Gasteiger partial charge in [-0.3, -0.25) is 4.40 Å². The Balaban J connectivity index is 2.33. The standard InChI is InChI=1S/C13H8BrFN2/c14-10-5-3-7-17-12(10)8-16-13(17)9-4-1-2-6-11(9)15/h1-8H. The monoisotopic (exact) mass is 290 g/mol. The molecule has 0 bridgehead atoms. The Hall–Kier alpha value is -1.68. The summed E-state index contributed by atoms with van der Waals surface area (Å²) in [7, 11) is 0. The fourth-order valence-electron chi connectivity index (χ4n) is 1.83. The van der Waals surface area contributed by atoms with E-state index in [0.29, 0.717) is 11.4 Å². The maximum Gasteiger partial charge on any atom is 0.147 e. The Kier molecular flexibility index (Phi) is 2.44. The maximum absolute atomic E-state index is 13.7. The van der Waals surface area contributed by atoms with Gasteiger partial charge in [-0.05, 0) is 40.2 Å². The van der Waals surface area contributed by atoms with E-state index in [0.717, 1.165) is 9.99 Å². The summed E-state index contributed by atoms with van der Waals surface area (Å²) < 4.78 is 16.5. The summed E-state index contributed by atoms with van der Waals surface area (Å²) in [6.07, 6.45) is 3.60. The molecular formula is C13H8BrFN2. The van der Waals surface area contributed by atoms with Gasteiger partial charge in [-0.25, -0.2) is 9.37 Å². The first kappa shape index (κ1) is 10.5. The second-order valence-corrected chi connectivity index (χ2v) is 4.53. The molecule has 2 nitrogen and oxygen atoms in total. The summed E-state index contributed by atoms with van der Waals surface area (Å²) in [5.74, 6) is 0.347. The Morgan fingerprint density at radius 1 is 1.12 bits per heavy atom. The normalized spacial score (nSPS) is 10.9. The minimum Gasteiger partial charge on any atom is -0.299 e. The van der Waals surface area contributed by atoms with E-state index in [4.69, 9.17) is 0 Å². The van der Waals surface area contributed by atoms with Gasteiger partial charge >= 0.3 is 0 Å². The van der Waals surface area contributed by atoms with E-state index in [9.17, 15) is 4.39 Å². The van der Waals surface area contributed by atoms with Crippen molar-refractivity contribution in [3.8, 4) is 11.4 Å². The molecule has 84 valence electrons. The lowest BCUT2D eigenvalue weighted by molar-refractivity contribution is 0.630. The van der Waals surface area contributed by atoms with Crippen LogP contribution in [0.25, 0.3) is 16.9 Å². The molecule has 4 heteroatoms. The number of benzene rings is 1. The van der Waals surface area contributed by atoms with Crippen molar-refractivity contribution in [2.24, 2.45) is 0 Å². The van der Waals surface area contributed by atoms with E-state index in [-0.39, 0.29) is 5.82 Å². The van der Waals surface area contributed by atoms with Gasteiger partial charge in [0.1, 0.15) is 11.6 Å². The van der Waals surface area contributed by atoms with Gasteiger partial charge in [0.2, 0.25) is 0 Å². The number of pyridine rings is 1. The second-order valence-electron chi connectivity index (χ2n) is 3.67. The molecule has 2 heterocycles. The predicted molar refractivity (Wildman–Crippen MR) is 68.3 cm³/mol. The molecular weight excluding hydrogens is 283 g/mol. The lowest BCUT2D eigenvalue weighted by Crippen LogP contribution is -1.91. The summed E-state index contributed by atoms with van der Waals surface area (Å²) >= 11 is 3.45. The average Bonchev–Trinajstić information content (AvgIpc) is 2.75. The van der Waals surface area contributed by atoms with Crippen LogP contribution in [0.4, 0.5) is 4.39 Å². The molecule has 0 amide bonds. The third kappa shape index (κ3) is 1.65. The highest BCUT2D eigenvalue weighted by atomic mass is 79.9. The van der Waals surface area contributed by atoms with Gasteiger partial charge in [0.25, 0.3) is 0 Å². The van der Waals surface area contributed by atoms with Crippen molar-refractivity contribution in [3.05, 3.63) is 59.1 Å². The second kappa shape index (κ2) is 3.96. The molecule has 0 saturated carbocycles. The van der Waals surface area contributed by atoms with Gasteiger partial charge in [0.05, 0.1) is 17.3 Å². The number of halogens is 2. The molecule has 0 aliphatic heterocycles. The van der Waals surface area contributed by atoms with Gasteiger partial charge < -0.3 is 0 Å². The first-order chi connectivity index (χ1) is 8.27. The Morgan fingerprint density at radius 3 is 2.76 bits per heavy atom. The number of hydrogen-bond donors (Lipinski definition) is 0. The highest BCUT2D eigenvalue weighted by Gasteiger charge is 2.11. The number of aromatic nitrogens is 2. The van der Waals surface area contributed by atoms with E-state index < -0.39 is 0 Å². The zero-order valence-corrected chi connectivity index (χ0v) is 10.4. The summed E-state index contributed by atoms with van der Waals surface area (Å²) in [4.78, 5) is 4.28. The molecule has 2 aromatic heterocycles. The Morgan fingerprint density at radius 2 is 1.94 bits per heavy atom. The zero-order chi connectivity index (χ0) is 11.8. The molecule has 0 atom stereocenters. The Bertz CT molecular complexity index is 691. The first-order valence-corrected chi connectivity index (χ1v) is 5.93. The molecule has 0 N–H and O–H groups in total. The molecule has 1 aromatic carbocycles. The van der Waals surface area contributed by atoms with Crippen LogP contribution in [0.1, 0.15) is 0 Å². The topological polar surface area (TPSA) is 17.3 Å². The van der Waals surface area contributed by atoms with Crippen LogP contribution in [0, 0.1) is 5.82 Å². The zero-order valence-electron chi connectivity index (χ0n) is 8.77. The van der Waals surface area contributed by atoms with E-state index in [1.165, 1.54) is 6.07 Å². The molecule has 0 radical (unpaired) electrons. The van der Waals surface area contributed by atoms with Crippen molar-refractivity contribution >= 4 is 21.4 Å². The van der Waals surface area contributed by atoms with Gasteiger partial charge in [0, 0.05) is 10.7 Å². The minimum absolute atomic E-state index is 0.264. The maximum atomic E-state index is 13.7. The molecule has 0 spiro atoms. The molecule has 0 saturated heterocycles. The van der Waals surface area contributed by atoms with Crippen molar-refractivity contribution in [1.29, 1.82) is 0 Å². The third-order valence-electron chi connectivity index (χ3n) is 2.63. The van der Waals surface area contributed by atoms with Gasteiger partial charge in [0.15, 0.2) is 0 Å². The number of imidazole rings is 1. The van der Waals surface area contributed by atoms with Crippen LogP contribution in [-0.4, -0.2) is 9.38 Å². The predicted octanol–water partition coefficient (Wildman–Crippen LogP) is 3.90. The third-order valence-corrected chi connectivity index (χ3v) is 3.30. The molecule has 3 rings (SSSR count). The van der Waals surface area contributed by atoms with Crippen LogP contribution in [0.5, 0.6) is 0 Å². The summed E-state index contributed by atoms with van der Waals surface area (Å²) in [6, 6.07) is 10.5. The van der Waals surface area contributed by atoms with Crippen molar-refractivity contribution in [1.82, 2.24) is 9.38 Å². The van der Waals surface area contributed by atoms with E-state index in [1.54, 1.807) is 24.4 Å². The molecule has 17 heavy (non-hydrogen) atoms. The van der Waals surface area contributed by atoms with E-state index in [2.05, 4.69) is 20.9 Å². The van der Waals surface area contributed by atoms with E-state index >= 15 is 0 Å². The highest BCUT2D eigenvalue weighted by Crippen LogP contribution is 2.25. The van der Waals surface area contributed by atoms with Crippen molar-refractivity contribution in [2.75, 3.05) is 0 Å². The molecule has 0 aliphatic rings. The number of hydrogen-bond acceptors (Lipinski definition) is 1. The fraction of sp³-hybridized carbons (Fsp3) is 0. The van der Waals surface area contributed by atoms with Crippen LogP contribution in [0.2, 0.25) is 0 Å². The highest BCUT2D eigenvalue weighted by molar-refractivity contribution is 9.10. The van der Waals surface area contributed by atoms with Gasteiger partial charge in [-0.15, -0.1) is 0 Å². The van der Waals surface area contributed by atoms with Crippen molar-refractivity contribution in [3.63, 3.8) is 0 Å². The average molecular weight is 291 g/mol. The minimum atomic E-state index is -0.264. The number of rotatable bonds is 1. The lowest BCUT2D eigenvalue weighted by atomic mass is 10.2. The number of nitrogens with zero attached hydrogens (tertiary/aromatic N) is 2. The van der Waals surface area contributed by atoms with Gasteiger partial charge in [-0.1, -0.05) is 12.1 Å². The van der Waals surface area contributed by atoms with Crippen molar-refractivity contribution in [2.45, 2.75) is 0 Å².